The minimum Gasteiger partial charge on any atom is -0.327 e. The maximum absolute atomic E-state index is 12.7. The van der Waals surface area contributed by atoms with E-state index in [4.69, 9.17) is 0 Å². The van der Waals surface area contributed by atoms with Crippen molar-refractivity contribution in [3.05, 3.63) is 30.1 Å². The van der Waals surface area contributed by atoms with E-state index in [1.165, 1.54) is 0 Å². The van der Waals surface area contributed by atoms with Gasteiger partial charge in [-0.1, -0.05) is 35.0 Å². The van der Waals surface area contributed by atoms with Crippen LogP contribution in [0.15, 0.2) is 24.3 Å². The number of alkyl halides is 4. The Morgan fingerprint density at radius 3 is 2.63 bits per heavy atom. The van der Waals surface area contributed by atoms with Crippen LogP contribution in [0, 0.1) is 0 Å². The van der Waals surface area contributed by atoms with E-state index in [0.717, 1.165) is 17.5 Å². The van der Waals surface area contributed by atoms with Crippen LogP contribution in [0.25, 0.3) is 11.0 Å². The van der Waals surface area contributed by atoms with Crippen LogP contribution in [-0.2, 0) is 13.0 Å². The van der Waals surface area contributed by atoms with E-state index >= 15 is 0 Å². The van der Waals surface area contributed by atoms with Gasteiger partial charge in [0.25, 0.3) is 0 Å². The van der Waals surface area contributed by atoms with Crippen LogP contribution in [0.2, 0.25) is 0 Å². The fourth-order valence-corrected chi connectivity index (χ4v) is 2.30. The number of aromatic nitrogens is 2. The van der Waals surface area contributed by atoms with Gasteiger partial charge in [0.05, 0.1) is 11.0 Å². The summed E-state index contributed by atoms with van der Waals surface area (Å²) in [6.07, 6.45) is -2.73. The molecule has 1 aromatic heterocycles. The molecule has 2 nitrogen and oxygen atoms in total. The van der Waals surface area contributed by atoms with E-state index in [-0.39, 0.29) is 6.54 Å². The van der Waals surface area contributed by atoms with E-state index < -0.39 is 11.0 Å². The molecule has 0 N–H and O–H groups in total. The van der Waals surface area contributed by atoms with Crippen LogP contribution >= 0.6 is 15.9 Å². The first-order valence-electron chi connectivity index (χ1n) is 6.08. The SMILES string of the molecule is CCCc1nc2ccccc2n1CC(Br)C(F)(F)F. The highest BCUT2D eigenvalue weighted by atomic mass is 79.9. The fourth-order valence-electron chi connectivity index (χ4n) is 2.01. The number of nitrogens with zero attached hydrogens (tertiary/aromatic N) is 2. The molecule has 1 heterocycles. The van der Waals surface area contributed by atoms with Crippen molar-refractivity contribution < 1.29 is 13.2 Å². The van der Waals surface area contributed by atoms with Crippen molar-refractivity contribution in [3.8, 4) is 0 Å². The Balaban J connectivity index is 2.41. The third kappa shape index (κ3) is 3.11. The zero-order chi connectivity index (χ0) is 14.0. The Hall–Kier alpha value is -1.04. The zero-order valence-corrected chi connectivity index (χ0v) is 12.0. The van der Waals surface area contributed by atoms with Crippen molar-refractivity contribution in [2.24, 2.45) is 0 Å². The third-order valence-electron chi connectivity index (χ3n) is 2.91. The molecule has 0 spiro atoms. The Bertz CT molecular complexity index is 563. The average molecular weight is 335 g/mol. The third-order valence-corrected chi connectivity index (χ3v) is 3.71. The number of aryl methyl sites for hydroxylation is 1. The second-order valence-corrected chi connectivity index (χ2v) is 5.49. The number of para-hydroxylation sites is 2. The number of halogens is 4. The summed E-state index contributed by atoms with van der Waals surface area (Å²) in [6.45, 7) is 1.83. The predicted octanol–water partition coefficient (Wildman–Crippen LogP) is 4.31. The lowest BCUT2D eigenvalue weighted by Gasteiger charge is -2.16. The molecular weight excluding hydrogens is 321 g/mol. The Morgan fingerprint density at radius 1 is 1.32 bits per heavy atom. The van der Waals surface area contributed by atoms with Gasteiger partial charge in [0, 0.05) is 13.0 Å². The van der Waals surface area contributed by atoms with Crippen LogP contribution in [0.3, 0.4) is 0 Å². The molecule has 0 amide bonds. The quantitative estimate of drug-likeness (QED) is 0.761. The smallest absolute Gasteiger partial charge is 0.327 e. The van der Waals surface area contributed by atoms with Crippen molar-refractivity contribution in [3.63, 3.8) is 0 Å². The number of fused-ring (bicyclic) bond motifs is 1. The molecule has 0 bridgehead atoms. The maximum Gasteiger partial charge on any atom is 0.402 e. The molecule has 1 atom stereocenters. The van der Waals surface area contributed by atoms with Crippen molar-refractivity contribution in [1.82, 2.24) is 9.55 Å². The maximum atomic E-state index is 12.7. The molecular formula is C13H14BrF3N2. The van der Waals surface area contributed by atoms with Gasteiger partial charge in [0.1, 0.15) is 10.7 Å². The monoisotopic (exact) mass is 334 g/mol. The van der Waals surface area contributed by atoms with Gasteiger partial charge in [-0.2, -0.15) is 13.2 Å². The summed E-state index contributed by atoms with van der Waals surface area (Å²) in [7, 11) is 0. The molecule has 6 heteroatoms. The predicted molar refractivity (Wildman–Crippen MR) is 72.5 cm³/mol. The number of hydrogen-bond acceptors (Lipinski definition) is 1. The lowest BCUT2D eigenvalue weighted by molar-refractivity contribution is -0.129. The first-order valence-corrected chi connectivity index (χ1v) is 7.00. The van der Waals surface area contributed by atoms with E-state index in [0.29, 0.717) is 12.2 Å². The summed E-state index contributed by atoms with van der Waals surface area (Å²) in [5.41, 5.74) is 1.49. The second kappa shape index (κ2) is 5.53. The van der Waals surface area contributed by atoms with Crippen LogP contribution in [-0.4, -0.2) is 20.6 Å². The van der Waals surface area contributed by atoms with Gasteiger partial charge in [-0.15, -0.1) is 0 Å². The summed E-state index contributed by atoms with van der Waals surface area (Å²) >= 11 is 2.72. The molecule has 1 unspecified atom stereocenters. The van der Waals surface area contributed by atoms with Gasteiger partial charge in [-0.05, 0) is 18.6 Å². The largest absolute Gasteiger partial charge is 0.402 e. The number of hydrogen-bond donors (Lipinski definition) is 0. The van der Waals surface area contributed by atoms with Gasteiger partial charge in [-0.25, -0.2) is 4.98 Å². The Labute approximate surface area is 117 Å². The van der Waals surface area contributed by atoms with Gasteiger partial charge in [-0.3, -0.25) is 0 Å². The average Bonchev–Trinajstić information content (AvgIpc) is 2.67. The highest BCUT2D eigenvalue weighted by Crippen LogP contribution is 2.29. The number of rotatable bonds is 4. The first-order chi connectivity index (χ1) is 8.93. The Kier molecular flexibility index (Phi) is 4.18. The van der Waals surface area contributed by atoms with Crippen LogP contribution in [0.5, 0.6) is 0 Å². The molecule has 19 heavy (non-hydrogen) atoms. The van der Waals surface area contributed by atoms with Gasteiger partial charge >= 0.3 is 6.18 Å². The van der Waals surface area contributed by atoms with Crippen molar-refractivity contribution in [2.45, 2.75) is 37.3 Å². The summed E-state index contributed by atoms with van der Waals surface area (Å²) in [5, 5.41) is 0. The van der Waals surface area contributed by atoms with E-state index in [1.807, 2.05) is 25.1 Å². The minimum absolute atomic E-state index is 0.153. The highest BCUT2D eigenvalue weighted by molar-refractivity contribution is 9.09. The van der Waals surface area contributed by atoms with Crippen molar-refractivity contribution in [1.29, 1.82) is 0 Å². The molecule has 0 aliphatic carbocycles. The van der Waals surface area contributed by atoms with Crippen LogP contribution in [0.4, 0.5) is 13.2 Å². The van der Waals surface area contributed by atoms with Crippen molar-refractivity contribution in [2.75, 3.05) is 0 Å². The van der Waals surface area contributed by atoms with Gasteiger partial charge < -0.3 is 4.57 Å². The second-order valence-electron chi connectivity index (χ2n) is 4.39. The summed E-state index contributed by atoms with van der Waals surface area (Å²) in [4.78, 5) is 2.85. The molecule has 2 rings (SSSR count). The van der Waals surface area contributed by atoms with Crippen LogP contribution in [0.1, 0.15) is 19.2 Å². The summed E-state index contributed by atoms with van der Waals surface area (Å²) in [6, 6.07) is 7.28. The lowest BCUT2D eigenvalue weighted by atomic mass is 10.3. The van der Waals surface area contributed by atoms with E-state index in [9.17, 15) is 13.2 Å². The molecule has 0 fully saturated rings. The fraction of sp³-hybridized carbons (Fsp3) is 0.462. The zero-order valence-electron chi connectivity index (χ0n) is 10.4. The van der Waals surface area contributed by atoms with E-state index in [1.54, 1.807) is 10.6 Å². The molecule has 0 saturated heterocycles. The van der Waals surface area contributed by atoms with Gasteiger partial charge in [0.2, 0.25) is 0 Å². The van der Waals surface area contributed by atoms with Gasteiger partial charge in [0.15, 0.2) is 0 Å². The Morgan fingerprint density at radius 2 is 2.00 bits per heavy atom. The molecule has 0 aliphatic rings. The normalized spacial score (nSPS) is 13.9. The number of imidazole rings is 1. The van der Waals surface area contributed by atoms with Crippen molar-refractivity contribution >= 4 is 27.0 Å². The molecule has 0 saturated carbocycles. The van der Waals surface area contributed by atoms with E-state index in [2.05, 4.69) is 20.9 Å². The molecule has 0 aliphatic heterocycles. The highest BCUT2D eigenvalue weighted by Gasteiger charge is 2.38. The lowest BCUT2D eigenvalue weighted by Crippen LogP contribution is -2.28. The molecule has 0 radical (unpaired) electrons. The minimum atomic E-state index is -4.26. The molecule has 2 aromatic rings. The standard InChI is InChI=1S/C13H14BrF3N2/c1-2-5-12-18-9-6-3-4-7-10(9)19(12)8-11(14)13(15,16)17/h3-4,6-7,11H,2,5,8H2,1H3. The summed E-state index contributed by atoms with van der Waals surface area (Å²) in [5.74, 6) is 0.706. The molecule has 1 aromatic carbocycles. The summed E-state index contributed by atoms with van der Waals surface area (Å²) < 4.78 is 39.7. The topological polar surface area (TPSA) is 17.8 Å². The number of benzene rings is 1. The van der Waals surface area contributed by atoms with Crippen LogP contribution < -0.4 is 0 Å². The first kappa shape index (κ1) is 14.4. The molecule has 104 valence electrons.